The Morgan fingerprint density at radius 2 is 2.00 bits per heavy atom. The van der Waals surface area contributed by atoms with E-state index in [9.17, 15) is 5.11 Å². The van der Waals surface area contributed by atoms with Crippen LogP contribution in [0, 0.1) is 28.6 Å². The van der Waals surface area contributed by atoms with E-state index >= 15 is 0 Å². The fourth-order valence-electron chi connectivity index (χ4n) is 1.85. The summed E-state index contributed by atoms with van der Waals surface area (Å²) in [7, 11) is 1.86. The fourth-order valence-corrected chi connectivity index (χ4v) is 1.85. The maximum atomic E-state index is 9.73. The van der Waals surface area contributed by atoms with Crippen molar-refractivity contribution in [1.29, 1.82) is 10.5 Å². The summed E-state index contributed by atoms with van der Waals surface area (Å²) in [4.78, 5) is 1.90. The van der Waals surface area contributed by atoms with Crippen LogP contribution in [0.5, 0.6) is 0 Å². The molecule has 0 aliphatic heterocycles. The van der Waals surface area contributed by atoms with Crippen LogP contribution in [0.1, 0.15) is 31.1 Å². The number of nitriles is 2. The molecule has 1 unspecified atom stereocenters. The van der Waals surface area contributed by atoms with Crippen molar-refractivity contribution < 1.29 is 5.11 Å². The number of hydrogen-bond acceptors (Lipinski definition) is 4. The van der Waals surface area contributed by atoms with E-state index in [-0.39, 0.29) is 5.92 Å². The van der Waals surface area contributed by atoms with Gasteiger partial charge in [0.05, 0.1) is 29.7 Å². The molecule has 1 aromatic carbocycles. The molecule has 0 heterocycles. The summed E-state index contributed by atoms with van der Waals surface area (Å²) in [5.74, 6) is -0.109. The summed E-state index contributed by atoms with van der Waals surface area (Å²) in [5, 5.41) is 27.5. The van der Waals surface area contributed by atoms with Gasteiger partial charge >= 0.3 is 0 Å². The Kier molecular flexibility index (Phi) is 4.71. The standard InChI is InChI=1S/C14H17N3O/c1-10(7-15)9-17(3)14-6-12(8-16)4-5-13(14)11(2)18/h4-6,10-11,18H,9H2,1-3H3/t10?,11-/m0/s1. The Hall–Kier alpha value is -2.04. The van der Waals surface area contributed by atoms with Gasteiger partial charge in [0.1, 0.15) is 0 Å². The highest BCUT2D eigenvalue weighted by Crippen LogP contribution is 2.27. The second kappa shape index (κ2) is 6.05. The number of aliphatic hydroxyl groups is 1. The molecule has 4 heteroatoms. The van der Waals surface area contributed by atoms with Crippen LogP contribution in [0.4, 0.5) is 5.69 Å². The van der Waals surface area contributed by atoms with Crippen LogP contribution in [-0.4, -0.2) is 18.7 Å². The summed E-state index contributed by atoms with van der Waals surface area (Å²) in [6.45, 7) is 4.09. The second-order valence-corrected chi connectivity index (χ2v) is 4.47. The zero-order chi connectivity index (χ0) is 13.7. The first-order valence-corrected chi connectivity index (χ1v) is 5.82. The Balaban J connectivity index is 3.12. The lowest BCUT2D eigenvalue weighted by Gasteiger charge is -2.24. The topological polar surface area (TPSA) is 71.0 Å². The lowest BCUT2D eigenvalue weighted by Crippen LogP contribution is -2.24. The quantitative estimate of drug-likeness (QED) is 0.880. The third-order valence-electron chi connectivity index (χ3n) is 2.79. The van der Waals surface area contributed by atoms with Crippen LogP contribution in [-0.2, 0) is 0 Å². The average Bonchev–Trinajstić information content (AvgIpc) is 2.37. The number of anilines is 1. The largest absolute Gasteiger partial charge is 0.389 e. The van der Waals surface area contributed by atoms with Gasteiger partial charge in [0.2, 0.25) is 0 Å². The third-order valence-corrected chi connectivity index (χ3v) is 2.79. The zero-order valence-corrected chi connectivity index (χ0v) is 10.9. The van der Waals surface area contributed by atoms with E-state index in [0.29, 0.717) is 12.1 Å². The predicted octanol–water partition coefficient (Wildman–Crippen LogP) is 2.21. The Morgan fingerprint density at radius 3 is 2.50 bits per heavy atom. The first-order chi connectivity index (χ1) is 8.49. The van der Waals surface area contributed by atoms with E-state index in [1.807, 2.05) is 18.9 Å². The van der Waals surface area contributed by atoms with Gasteiger partial charge in [-0.25, -0.2) is 0 Å². The van der Waals surface area contributed by atoms with Crippen LogP contribution in [0.2, 0.25) is 0 Å². The highest BCUT2D eigenvalue weighted by molar-refractivity contribution is 5.58. The van der Waals surface area contributed by atoms with E-state index in [1.165, 1.54) is 0 Å². The summed E-state index contributed by atoms with van der Waals surface area (Å²) in [6.07, 6.45) is -0.604. The summed E-state index contributed by atoms with van der Waals surface area (Å²) in [5.41, 5.74) is 2.11. The summed E-state index contributed by atoms with van der Waals surface area (Å²) < 4.78 is 0. The number of hydrogen-bond donors (Lipinski definition) is 1. The van der Waals surface area contributed by atoms with Gasteiger partial charge in [0, 0.05) is 24.8 Å². The number of nitrogens with zero attached hydrogens (tertiary/aromatic N) is 3. The van der Waals surface area contributed by atoms with E-state index in [0.717, 1.165) is 11.3 Å². The molecule has 0 saturated carbocycles. The minimum Gasteiger partial charge on any atom is -0.389 e. The molecule has 0 amide bonds. The van der Waals surface area contributed by atoms with Crippen LogP contribution in [0.15, 0.2) is 18.2 Å². The first kappa shape index (κ1) is 14.0. The molecule has 0 aromatic heterocycles. The highest BCUT2D eigenvalue weighted by Gasteiger charge is 2.14. The Labute approximate surface area is 108 Å². The molecule has 1 N–H and O–H groups in total. The van der Waals surface area contributed by atoms with Crippen molar-refractivity contribution in [3.05, 3.63) is 29.3 Å². The number of benzene rings is 1. The van der Waals surface area contributed by atoms with Gasteiger partial charge < -0.3 is 10.0 Å². The molecule has 94 valence electrons. The molecule has 2 atom stereocenters. The Bertz CT molecular complexity index is 497. The predicted molar refractivity (Wildman–Crippen MR) is 69.8 cm³/mol. The average molecular weight is 243 g/mol. The zero-order valence-electron chi connectivity index (χ0n) is 10.9. The normalized spacial score (nSPS) is 13.2. The minimum absolute atomic E-state index is 0.109. The first-order valence-electron chi connectivity index (χ1n) is 5.82. The SMILES string of the molecule is CC(C#N)CN(C)c1cc(C#N)ccc1[C@H](C)O. The monoisotopic (exact) mass is 243 g/mol. The van der Waals surface area contributed by atoms with Crippen molar-refractivity contribution in [2.45, 2.75) is 20.0 Å². The van der Waals surface area contributed by atoms with Crippen molar-refractivity contribution in [3.8, 4) is 12.1 Å². The molecule has 0 aliphatic carbocycles. The second-order valence-electron chi connectivity index (χ2n) is 4.47. The van der Waals surface area contributed by atoms with E-state index in [2.05, 4.69) is 12.1 Å². The van der Waals surface area contributed by atoms with Gasteiger partial charge in [-0.15, -0.1) is 0 Å². The molecule has 0 spiro atoms. The lowest BCUT2D eigenvalue weighted by molar-refractivity contribution is 0.199. The molecular formula is C14H17N3O. The summed E-state index contributed by atoms with van der Waals surface area (Å²) in [6, 6.07) is 9.44. The molecule has 0 fully saturated rings. The van der Waals surface area contributed by atoms with Gasteiger partial charge in [0.15, 0.2) is 0 Å². The van der Waals surface area contributed by atoms with Crippen molar-refractivity contribution in [2.24, 2.45) is 5.92 Å². The van der Waals surface area contributed by atoms with E-state index in [4.69, 9.17) is 10.5 Å². The van der Waals surface area contributed by atoms with Gasteiger partial charge in [0.25, 0.3) is 0 Å². The van der Waals surface area contributed by atoms with Crippen molar-refractivity contribution >= 4 is 5.69 Å². The molecule has 18 heavy (non-hydrogen) atoms. The molecule has 4 nitrogen and oxygen atoms in total. The maximum Gasteiger partial charge on any atom is 0.0992 e. The third kappa shape index (κ3) is 3.23. The van der Waals surface area contributed by atoms with Crippen molar-refractivity contribution in [1.82, 2.24) is 0 Å². The Morgan fingerprint density at radius 1 is 1.33 bits per heavy atom. The number of aliphatic hydroxyl groups excluding tert-OH is 1. The maximum absolute atomic E-state index is 9.73. The van der Waals surface area contributed by atoms with E-state index in [1.54, 1.807) is 25.1 Å². The van der Waals surface area contributed by atoms with Crippen LogP contribution >= 0.6 is 0 Å². The van der Waals surface area contributed by atoms with Crippen molar-refractivity contribution in [3.63, 3.8) is 0 Å². The molecule has 0 saturated heterocycles. The smallest absolute Gasteiger partial charge is 0.0992 e. The molecule has 0 radical (unpaired) electrons. The molecule has 1 rings (SSSR count). The highest BCUT2D eigenvalue weighted by atomic mass is 16.3. The van der Waals surface area contributed by atoms with Crippen LogP contribution < -0.4 is 4.90 Å². The minimum atomic E-state index is -0.604. The lowest BCUT2D eigenvalue weighted by atomic mass is 10.0. The van der Waals surface area contributed by atoms with Gasteiger partial charge in [-0.05, 0) is 26.0 Å². The van der Waals surface area contributed by atoms with Crippen LogP contribution in [0.25, 0.3) is 0 Å². The fraction of sp³-hybridized carbons (Fsp3) is 0.429. The van der Waals surface area contributed by atoms with Gasteiger partial charge in [-0.1, -0.05) is 6.07 Å². The van der Waals surface area contributed by atoms with Crippen molar-refractivity contribution in [2.75, 3.05) is 18.5 Å². The number of rotatable bonds is 4. The van der Waals surface area contributed by atoms with E-state index < -0.39 is 6.10 Å². The van der Waals surface area contributed by atoms with Crippen LogP contribution in [0.3, 0.4) is 0 Å². The molecular weight excluding hydrogens is 226 g/mol. The summed E-state index contributed by atoms with van der Waals surface area (Å²) >= 11 is 0. The molecule has 1 aromatic rings. The van der Waals surface area contributed by atoms with Gasteiger partial charge in [-0.2, -0.15) is 10.5 Å². The molecule has 0 bridgehead atoms. The molecule has 0 aliphatic rings. The van der Waals surface area contributed by atoms with Gasteiger partial charge in [-0.3, -0.25) is 0 Å².